The van der Waals surface area contributed by atoms with E-state index in [1.807, 2.05) is 13.0 Å². The number of hydrogen-bond donors (Lipinski definition) is 1. The normalized spacial score (nSPS) is 30.2. The van der Waals surface area contributed by atoms with Crippen molar-refractivity contribution >= 4 is 11.6 Å². The van der Waals surface area contributed by atoms with Crippen LogP contribution in [0, 0.1) is 24.7 Å². The first-order valence-electron chi connectivity index (χ1n) is 6.99. The predicted octanol–water partition coefficient (Wildman–Crippen LogP) is 4.72. The number of hydrogen-bond acceptors (Lipinski definition) is 1. The maximum atomic E-state index is 6.47. The highest BCUT2D eigenvalue weighted by Gasteiger charge is 2.28. The molecule has 2 heteroatoms. The zero-order valence-electron chi connectivity index (χ0n) is 11.6. The zero-order valence-corrected chi connectivity index (χ0v) is 12.4. The predicted molar refractivity (Wildman–Crippen MR) is 78.8 cm³/mol. The molecule has 100 valence electrons. The average molecular weight is 266 g/mol. The van der Waals surface area contributed by atoms with E-state index in [2.05, 4.69) is 26.0 Å². The summed E-state index contributed by atoms with van der Waals surface area (Å²) in [7, 11) is 0. The van der Waals surface area contributed by atoms with Crippen LogP contribution in [-0.2, 0) is 0 Å². The molecule has 3 atom stereocenters. The van der Waals surface area contributed by atoms with Gasteiger partial charge in [-0.05, 0) is 61.1 Å². The summed E-state index contributed by atoms with van der Waals surface area (Å²) in [4.78, 5) is 0. The molecule has 18 heavy (non-hydrogen) atoms. The van der Waals surface area contributed by atoms with Gasteiger partial charge in [-0.15, -0.1) is 0 Å². The van der Waals surface area contributed by atoms with Crippen LogP contribution >= 0.6 is 11.6 Å². The molecule has 1 aliphatic rings. The summed E-state index contributed by atoms with van der Waals surface area (Å²) in [6.45, 7) is 6.75. The van der Waals surface area contributed by atoms with Crippen molar-refractivity contribution in [1.29, 1.82) is 0 Å². The molecule has 1 aromatic carbocycles. The Morgan fingerprint density at radius 1 is 1.17 bits per heavy atom. The van der Waals surface area contributed by atoms with Crippen LogP contribution in [0.2, 0.25) is 5.02 Å². The molecule has 2 rings (SSSR count). The third kappa shape index (κ3) is 3.07. The lowest BCUT2D eigenvalue weighted by Gasteiger charge is -2.35. The van der Waals surface area contributed by atoms with Crippen molar-refractivity contribution in [2.24, 2.45) is 23.5 Å². The van der Waals surface area contributed by atoms with Gasteiger partial charge in [0.25, 0.3) is 0 Å². The second kappa shape index (κ2) is 5.63. The number of halogens is 1. The van der Waals surface area contributed by atoms with E-state index in [4.69, 9.17) is 17.3 Å². The Bertz CT molecular complexity index is 406. The molecular weight excluding hydrogens is 242 g/mol. The highest BCUT2D eigenvalue weighted by Crippen LogP contribution is 2.39. The Labute approximate surface area is 116 Å². The van der Waals surface area contributed by atoms with Crippen molar-refractivity contribution in [3.8, 4) is 0 Å². The van der Waals surface area contributed by atoms with Gasteiger partial charge in [0.15, 0.2) is 0 Å². The molecule has 0 radical (unpaired) electrons. The first-order chi connectivity index (χ1) is 8.47. The van der Waals surface area contributed by atoms with Crippen molar-refractivity contribution < 1.29 is 0 Å². The summed E-state index contributed by atoms with van der Waals surface area (Å²) < 4.78 is 0. The minimum absolute atomic E-state index is 0.158. The number of nitrogens with two attached hydrogens (primary N) is 1. The van der Waals surface area contributed by atoms with Gasteiger partial charge in [0.2, 0.25) is 0 Å². The van der Waals surface area contributed by atoms with Gasteiger partial charge in [0, 0.05) is 11.1 Å². The molecule has 2 N–H and O–H groups in total. The molecule has 0 saturated heterocycles. The monoisotopic (exact) mass is 265 g/mol. The van der Waals surface area contributed by atoms with Gasteiger partial charge in [-0.2, -0.15) is 0 Å². The molecule has 1 aliphatic carbocycles. The molecule has 1 saturated carbocycles. The van der Waals surface area contributed by atoms with Crippen LogP contribution in [0.1, 0.15) is 50.3 Å². The van der Waals surface area contributed by atoms with E-state index in [0.717, 1.165) is 22.4 Å². The van der Waals surface area contributed by atoms with Gasteiger partial charge in [-0.1, -0.05) is 37.6 Å². The third-order valence-corrected chi connectivity index (χ3v) is 4.71. The maximum Gasteiger partial charge on any atom is 0.0435 e. The van der Waals surface area contributed by atoms with Crippen molar-refractivity contribution in [2.45, 2.75) is 46.1 Å². The van der Waals surface area contributed by atoms with Crippen molar-refractivity contribution in [3.63, 3.8) is 0 Å². The molecule has 1 aromatic rings. The van der Waals surface area contributed by atoms with E-state index in [-0.39, 0.29) is 6.04 Å². The minimum Gasteiger partial charge on any atom is -0.324 e. The first kappa shape index (κ1) is 13.9. The lowest BCUT2D eigenvalue weighted by atomic mass is 9.72. The zero-order chi connectivity index (χ0) is 13.3. The quantitative estimate of drug-likeness (QED) is 0.823. The van der Waals surface area contributed by atoms with E-state index in [9.17, 15) is 0 Å². The summed E-state index contributed by atoms with van der Waals surface area (Å²) >= 11 is 6.08. The summed E-state index contributed by atoms with van der Waals surface area (Å²) in [6.07, 6.45) is 3.86. The Morgan fingerprint density at radius 3 is 2.33 bits per heavy atom. The highest BCUT2D eigenvalue weighted by molar-refractivity contribution is 6.31. The molecule has 0 aliphatic heterocycles. The summed E-state index contributed by atoms with van der Waals surface area (Å²) in [5.41, 5.74) is 8.84. The standard InChI is InChI=1S/C16H24ClN/c1-10-6-11(2)8-14(7-10)16(18)13-4-5-15(17)12(3)9-13/h4-5,9-11,14,16H,6-8,18H2,1-3H3. The smallest absolute Gasteiger partial charge is 0.0435 e. The van der Waals surface area contributed by atoms with Gasteiger partial charge in [-0.25, -0.2) is 0 Å². The molecule has 0 spiro atoms. The molecule has 1 fully saturated rings. The Kier molecular flexibility index (Phi) is 4.34. The van der Waals surface area contributed by atoms with Crippen LogP contribution < -0.4 is 5.73 Å². The van der Waals surface area contributed by atoms with E-state index in [1.54, 1.807) is 0 Å². The molecule has 0 heterocycles. The van der Waals surface area contributed by atoms with Gasteiger partial charge < -0.3 is 5.73 Å². The van der Waals surface area contributed by atoms with Crippen LogP contribution in [0.4, 0.5) is 0 Å². The topological polar surface area (TPSA) is 26.0 Å². The fraction of sp³-hybridized carbons (Fsp3) is 0.625. The van der Waals surface area contributed by atoms with Gasteiger partial charge in [-0.3, -0.25) is 0 Å². The number of aryl methyl sites for hydroxylation is 1. The van der Waals surface area contributed by atoms with E-state index in [1.165, 1.54) is 24.8 Å². The maximum absolute atomic E-state index is 6.47. The van der Waals surface area contributed by atoms with Crippen LogP contribution in [-0.4, -0.2) is 0 Å². The van der Waals surface area contributed by atoms with Gasteiger partial charge in [0.05, 0.1) is 0 Å². The summed E-state index contributed by atoms with van der Waals surface area (Å²) in [6, 6.07) is 6.37. The van der Waals surface area contributed by atoms with Crippen LogP contribution in [0.15, 0.2) is 18.2 Å². The summed E-state index contributed by atoms with van der Waals surface area (Å²) in [5, 5.41) is 0.830. The van der Waals surface area contributed by atoms with Crippen molar-refractivity contribution in [2.75, 3.05) is 0 Å². The van der Waals surface area contributed by atoms with Crippen molar-refractivity contribution in [1.82, 2.24) is 0 Å². The van der Waals surface area contributed by atoms with E-state index >= 15 is 0 Å². The lowest BCUT2D eigenvalue weighted by Crippen LogP contribution is -2.29. The number of rotatable bonds is 2. The van der Waals surface area contributed by atoms with Crippen LogP contribution in [0.3, 0.4) is 0 Å². The van der Waals surface area contributed by atoms with Crippen LogP contribution in [0.5, 0.6) is 0 Å². The second-order valence-corrected chi connectivity index (χ2v) is 6.62. The highest BCUT2D eigenvalue weighted by atomic mass is 35.5. The average Bonchev–Trinajstić information content (AvgIpc) is 2.30. The van der Waals surface area contributed by atoms with Gasteiger partial charge in [0.1, 0.15) is 0 Å². The third-order valence-electron chi connectivity index (χ3n) is 4.29. The number of benzene rings is 1. The molecule has 0 bridgehead atoms. The minimum atomic E-state index is 0.158. The lowest BCUT2D eigenvalue weighted by molar-refractivity contribution is 0.193. The molecule has 3 unspecified atom stereocenters. The Balaban J connectivity index is 2.14. The Hall–Kier alpha value is -0.530. The second-order valence-electron chi connectivity index (χ2n) is 6.21. The van der Waals surface area contributed by atoms with Crippen LogP contribution in [0.25, 0.3) is 0 Å². The Morgan fingerprint density at radius 2 is 1.78 bits per heavy atom. The molecule has 0 aromatic heterocycles. The molecule has 1 nitrogen and oxygen atoms in total. The molecule has 0 amide bonds. The first-order valence-corrected chi connectivity index (χ1v) is 7.36. The fourth-order valence-corrected chi connectivity index (χ4v) is 3.57. The van der Waals surface area contributed by atoms with E-state index < -0.39 is 0 Å². The fourth-order valence-electron chi connectivity index (χ4n) is 3.45. The molecular formula is C16H24ClN. The summed E-state index contributed by atoms with van der Waals surface area (Å²) in [5.74, 6) is 2.22. The van der Waals surface area contributed by atoms with Gasteiger partial charge >= 0.3 is 0 Å². The SMILES string of the molecule is Cc1cc(C(N)C2CC(C)CC(C)C2)ccc1Cl. The largest absolute Gasteiger partial charge is 0.324 e. The van der Waals surface area contributed by atoms with E-state index in [0.29, 0.717) is 5.92 Å². The van der Waals surface area contributed by atoms with Crippen molar-refractivity contribution in [3.05, 3.63) is 34.3 Å².